The van der Waals surface area contributed by atoms with Crippen LogP contribution in [0.4, 0.5) is 0 Å². The molecule has 0 aliphatic heterocycles. The van der Waals surface area contributed by atoms with Crippen LogP contribution in [0.1, 0.15) is 11.1 Å². The highest BCUT2D eigenvalue weighted by atomic mass is 79.9. The lowest BCUT2D eigenvalue weighted by Gasteiger charge is -2.04. The first-order chi connectivity index (χ1) is 7.84. The minimum atomic E-state index is 0.605. The Kier molecular flexibility index (Phi) is 4.14. The van der Waals surface area contributed by atoms with Gasteiger partial charge in [0, 0.05) is 4.47 Å². The third kappa shape index (κ3) is 3.47. The van der Waals surface area contributed by atoms with Crippen molar-refractivity contribution < 1.29 is 4.74 Å². The van der Waals surface area contributed by atoms with Gasteiger partial charge in [-0.3, -0.25) is 0 Å². The molecule has 0 bridgehead atoms. The van der Waals surface area contributed by atoms with E-state index in [-0.39, 0.29) is 0 Å². The van der Waals surface area contributed by atoms with E-state index in [4.69, 9.17) is 4.74 Å². The second-order valence-electron chi connectivity index (χ2n) is 3.47. The van der Waals surface area contributed by atoms with Crippen LogP contribution in [0, 0.1) is 6.61 Å². The van der Waals surface area contributed by atoms with Crippen molar-refractivity contribution in [3.8, 4) is 0 Å². The van der Waals surface area contributed by atoms with Crippen LogP contribution in [-0.2, 0) is 11.3 Å². The Balaban J connectivity index is 1.85. The molecule has 81 valence electrons. The summed E-state index contributed by atoms with van der Waals surface area (Å²) in [7, 11) is 0. The van der Waals surface area contributed by atoms with Gasteiger partial charge in [-0.2, -0.15) is 0 Å². The monoisotopic (exact) mass is 275 g/mol. The molecular formula is C14H12BrO. The van der Waals surface area contributed by atoms with Gasteiger partial charge in [0.05, 0.1) is 6.61 Å². The van der Waals surface area contributed by atoms with Gasteiger partial charge in [-0.25, -0.2) is 0 Å². The van der Waals surface area contributed by atoms with Gasteiger partial charge in [0.1, 0.15) is 6.61 Å². The fourth-order valence-electron chi connectivity index (χ4n) is 1.39. The van der Waals surface area contributed by atoms with Crippen molar-refractivity contribution in [2.24, 2.45) is 0 Å². The number of halogens is 1. The normalized spacial score (nSPS) is 10.3. The highest BCUT2D eigenvalue weighted by molar-refractivity contribution is 9.10. The largest absolute Gasteiger partial charge is 0.366 e. The van der Waals surface area contributed by atoms with E-state index in [1.807, 2.05) is 42.5 Å². The average molecular weight is 276 g/mol. The zero-order valence-corrected chi connectivity index (χ0v) is 10.4. The molecule has 2 heteroatoms. The maximum absolute atomic E-state index is 5.51. The van der Waals surface area contributed by atoms with E-state index < -0.39 is 0 Å². The first-order valence-electron chi connectivity index (χ1n) is 5.09. The molecule has 0 fully saturated rings. The lowest BCUT2D eigenvalue weighted by atomic mass is 10.2. The van der Waals surface area contributed by atoms with Crippen molar-refractivity contribution in [2.45, 2.75) is 6.61 Å². The minimum absolute atomic E-state index is 0.605. The molecule has 0 aliphatic carbocycles. The molecule has 2 aromatic rings. The van der Waals surface area contributed by atoms with Crippen LogP contribution in [-0.4, -0.2) is 0 Å². The lowest BCUT2D eigenvalue weighted by molar-refractivity contribution is 0.199. The number of hydrogen-bond donors (Lipinski definition) is 0. The molecule has 1 nitrogen and oxygen atoms in total. The molecule has 0 heterocycles. The zero-order valence-electron chi connectivity index (χ0n) is 8.77. The van der Waals surface area contributed by atoms with Gasteiger partial charge in [0.25, 0.3) is 0 Å². The molecule has 0 saturated heterocycles. The summed E-state index contributed by atoms with van der Waals surface area (Å²) >= 11 is 3.42. The highest BCUT2D eigenvalue weighted by Crippen LogP contribution is 2.14. The van der Waals surface area contributed by atoms with E-state index in [9.17, 15) is 0 Å². The molecule has 0 amide bonds. The topological polar surface area (TPSA) is 9.23 Å². The first-order valence-corrected chi connectivity index (χ1v) is 5.88. The summed E-state index contributed by atoms with van der Waals surface area (Å²) in [6.45, 7) is 2.38. The second-order valence-corrected chi connectivity index (χ2v) is 4.39. The summed E-state index contributed by atoms with van der Waals surface area (Å²) in [4.78, 5) is 0. The van der Waals surface area contributed by atoms with Crippen molar-refractivity contribution in [3.05, 3.63) is 76.8 Å². The minimum Gasteiger partial charge on any atom is -0.366 e. The van der Waals surface area contributed by atoms with E-state index in [0.29, 0.717) is 6.61 Å². The van der Waals surface area contributed by atoms with Crippen molar-refractivity contribution in [3.63, 3.8) is 0 Å². The van der Waals surface area contributed by atoms with Crippen molar-refractivity contribution in [1.82, 2.24) is 0 Å². The van der Waals surface area contributed by atoms with Gasteiger partial charge in [-0.1, -0.05) is 58.4 Å². The maximum atomic E-state index is 5.51. The fraction of sp³-hybridized carbons (Fsp3) is 0.0714. The molecule has 0 aromatic heterocycles. The van der Waals surface area contributed by atoms with Crippen LogP contribution >= 0.6 is 15.9 Å². The molecular weight excluding hydrogens is 264 g/mol. The van der Waals surface area contributed by atoms with Crippen molar-refractivity contribution in [1.29, 1.82) is 0 Å². The first kappa shape index (κ1) is 11.4. The molecule has 1 radical (unpaired) electrons. The SMILES string of the molecule is Brc1cccc([CH]OCc2ccccc2)c1. The standard InChI is InChI=1S/C14H12BrO/c15-14-8-4-7-13(9-14)11-16-10-12-5-2-1-3-6-12/h1-9,11H,10H2. The average Bonchev–Trinajstić information content (AvgIpc) is 2.30. The summed E-state index contributed by atoms with van der Waals surface area (Å²) in [5.74, 6) is 0. The third-order valence-corrected chi connectivity index (χ3v) is 2.65. The van der Waals surface area contributed by atoms with Crippen LogP contribution in [0.3, 0.4) is 0 Å². The van der Waals surface area contributed by atoms with Crippen LogP contribution in [0.2, 0.25) is 0 Å². The predicted octanol–water partition coefficient (Wildman–Crippen LogP) is 4.18. The van der Waals surface area contributed by atoms with Crippen LogP contribution < -0.4 is 0 Å². The number of rotatable bonds is 4. The molecule has 2 rings (SSSR count). The highest BCUT2D eigenvalue weighted by Gasteiger charge is 1.96. The Labute approximate surface area is 104 Å². The molecule has 0 atom stereocenters. The van der Waals surface area contributed by atoms with E-state index >= 15 is 0 Å². The lowest BCUT2D eigenvalue weighted by Crippen LogP contribution is -1.91. The predicted molar refractivity (Wildman–Crippen MR) is 68.8 cm³/mol. The van der Waals surface area contributed by atoms with E-state index in [2.05, 4.69) is 28.1 Å². The van der Waals surface area contributed by atoms with E-state index in [1.54, 1.807) is 6.61 Å². The summed E-state index contributed by atoms with van der Waals surface area (Å²) in [6.07, 6.45) is 0. The number of ether oxygens (including phenoxy) is 1. The molecule has 16 heavy (non-hydrogen) atoms. The summed E-state index contributed by atoms with van der Waals surface area (Å²) in [5, 5.41) is 0. The Morgan fingerprint density at radius 1 is 1.00 bits per heavy atom. The Bertz CT molecular complexity index is 439. The summed E-state index contributed by atoms with van der Waals surface area (Å²) in [6, 6.07) is 18.1. The molecule has 0 saturated carbocycles. The van der Waals surface area contributed by atoms with Gasteiger partial charge in [-0.15, -0.1) is 0 Å². The van der Waals surface area contributed by atoms with Gasteiger partial charge in [-0.05, 0) is 23.3 Å². The van der Waals surface area contributed by atoms with Gasteiger partial charge in [0.15, 0.2) is 0 Å². The maximum Gasteiger partial charge on any atom is 0.113 e. The summed E-state index contributed by atoms with van der Waals surface area (Å²) < 4.78 is 6.57. The molecule has 0 aliphatic rings. The molecule has 2 aromatic carbocycles. The molecule has 0 N–H and O–H groups in total. The fourth-order valence-corrected chi connectivity index (χ4v) is 1.81. The van der Waals surface area contributed by atoms with E-state index in [1.165, 1.54) is 5.56 Å². The van der Waals surface area contributed by atoms with E-state index in [0.717, 1.165) is 10.0 Å². The van der Waals surface area contributed by atoms with Crippen molar-refractivity contribution in [2.75, 3.05) is 0 Å². The summed E-state index contributed by atoms with van der Waals surface area (Å²) in [5.41, 5.74) is 2.24. The Hall–Kier alpha value is -1.12. The second kappa shape index (κ2) is 5.83. The third-order valence-electron chi connectivity index (χ3n) is 2.16. The Morgan fingerprint density at radius 3 is 2.56 bits per heavy atom. The quantitative estimate of drug-likeness (QED) is 0.814. The van der Waals surface area contributed by atoms with Gasteiger partial charge >= 0.3 is 0 Å². The van der Waals surface area contributed by atoms with Crippen LogP contribution in [0.15, 0.2) is 59.1 Å². The van der Waals surface area contributed by atoms with Crippen LogP contribution in [0.25, 0.3) is 0 Å². The molecule has 0 spiro atoms. The number of benzene rings is 2. The zero-order chi connectivity index (χ0) is 11.2. The Morgan fingerprint density at radius 2 is 1.81 bits per heavy atom. The van der Waals surface area contributed by atoms with Crippen molar-refractivity contribution >= 4 is 15.9 Å². The van der Waals surface area contributed by atoms with Crippen LogP contribution in [0.5, 0.6) is 0 Å². The number of hydrogen-bond acceptors (Lipinski definition) is 1. The molecule has 0 unspecified atom stereocenters. The smallest absolute Gasteiger partial charge is 0.113 e. The van der Waals surface area contributed by atoms with Gasteiger partial charge in [0.2, 0.25) is 0 Å². The van der Waals surface area contributed by atoms with Gasteiger partial charge < -0.3 is 4.74 Å².